The fourth-order valence-electron chi connectivity index (χ4n) is 8.59. The van der Waals surface area contributed by atoms with Crippen LogP contribution in [0.1, 0.15) is 0 Å². The first-order valence-corrected chi connectivity index (χ1v) is 18.4. The number of hydrogen-bond acceptors (Lipinski definition) is 1. The van der Waals surface area contributed by atoms with Gasteiger partial charge in [-0.2, -0.15) is 0 Å². The Morgan fingerprint density at radius 3 is 1.57 bits per heavy atom. The standard InChI is InChI=1S/C50H30S/c1-3-18-36-31(12-1)14-10-25-39(36)49-42-22-7-5-20-40(42)48(41-21-6-8-23-43(41)49)35-17-9-15-33(28-35)37-24-11-16-34-29-45-47(30-44(34)37)51-46-27-26-32-13-2-4-19-38(32)50(45)46/h1-30H. The maximum Gasteiger partial charge on any atom is 0.0362 e. The Balaban J connectivity index is 1.14. The molecule has 1 heteroatoms. The molecule has 1 heterocycles. The van der Waals surface area contributed by atoms with E-state index in [-0.39, 0.29) is 0 Å². The lowest BCUT2D eigenvalue weighted by molar-refractivity contribution is 1.64. The highest BCUT2D eigenvalue weighted by Crippen LogP contribution is 2.47. The molecule has 0 aliphatic heterocycles. The van der Waals surface area contributed by atoms with Gasteiger partial charge in [-0.25, -0.2) is 0 Å². The number of thiophene rings is 1. The molecule has 0 saturated heterocycles. The Morgan fingerprint density at radius 1 is 0.275 bits per heavy atom. The third-order valence-electron chi connectivity index (χ3n) is 10.8. The summed E-state index contributed by atoms with van der Waals surface area (Å²) < 4.78 is 2.67. The molecule has 0 aliphatic rings. The third kappa shape index (κ3) is 4.32. The fraction of sp³-hybridized carbons (Fsp3) is 0. The van der Waals surface area contributed by atoms with Crippen LogP contribution in [0.15, 0.2) is 182 Å². The molecule has 1 aromatic heterocycles. The molecule has 0 atom stereocenters. The second kappa shape index (κ2) is 11.1. The summed E-state index contributed by atoms with van der Waals surface area (Å²) in [6.07, 6.45) is 0. The highest BCUT2D eigenvalue weighted by atomic mass is 32.1. The predicted octanol–water partition coefficient (Wildman–Crippen LogP) is 14.8. The van der Waals surface area contributed by atoms with Crippen molar-refractivity contribution in [2.24, 2.45) is 0 Å². The van der Waals surface area contributed by atoms with E-state index in [2.05, 4.69) is 182 Å². The van der Waals surface area contributed by atoms with Crippen LogP contribution in [0.5, 0.6) is 0 Å². The smallest absolute Gasteiger partial charge is 0.0362 e. The summed E-state index contributed by atoms with van der Waals surface area (Å²) in [5, 5.41) is 15.5. The highest BCUT2D eigenvalue weighted by molar-refractivity contribution is 7.26. The molecule has 0 saturated carbocycles. The molecule has 0 bridgehead atoms. The van der Waals surface area contributed by atoms with E-state index in [1.165, 1.54) is 107 Å². The SMILES string of the molecule is c1cc(-c2cccc3cc4c(cc23)sc2ccc3ccccc3c24)cc(-c2c3ccccc3c(-c3cccc4ccccc34)c3ccccc23)c1. The number of fused-ring (bicyclic) bond motifs is 9. The maximum atomic E-state index is 2.43. The van der Waals surface area contributed by atoms with E-state index in [9.17, 15) is 0 Å². The van der Waals surface area contributed by atoms with Gasteiger partial charge in [0.15, 0.2) is 0 Å². The molecule has 0 unspecified atom stereocenters. The van der Waals surface area contributed by atoms with Crippen molar-refractivity contribution < 1.29 is 0 Å². The molecule has 0 fully saturated rings. The summed E-state index contributed by atoms with van der Waals surface area (Å²) in [5.41, 5.74) is 7.58. The van der Waals surface area contributed by atoms with Gasteiger partial charge in [-0.3, -0.25) is 0 Å². The molecule has 51 heavy (non-hydrogen) atoms. The van der Waals surface area contributed by atoms with Gasteiger partial charge < -0.3 is 0 Å². The lowest BCUT2D eigenvalue weighted by Gasteiger charge is -2.19. The maximum absolute atomic E-state index is 2.43. The summed E-state index contributed by atoms with van der Waals surface area (Å²) in [6.45, 7) is 0. The Hall–Kier alpha value is -6.28. The Labute approximate surface area is 299 Å². The van der Waals surface area contributed by atoms with Gasteiger partial charge in [-0.05, 0) is 112 Å². The summed E-state index contributed by atoms with van der Waals surface area (Å²) in [6, 6.07) is 67.5. The van der Waals surface area contributed by atoms with Crippen LogP contribution in [0, 0.1) is 0 Å². The second-order valence-electron chi connectivity index (χ2n) is 13.6. The molecule has 0 nitrogen and oxygen atoms in total. The van der Waals surface area contributed by atoms with Gasteiger partial charge in [0, 0.05) is 20.2 Å². The monoisotopic (exact) mass is 662 g/mol. The van der Waals surface area contributed by atoms with Crippen LogP contribution in [-0.4, -0.2) is 0 Å². The molecule has 10 aromatic carbocycles. The fourth-order valence-corrected chi connectivity index (χ4v) is 9.73. The van der Waals surface area contributed by atoms with Gasteiger partial charge in [-0.15, -0.1) is 11.3 Å². The van der Waals surface area contributed by atoms with Gasteiger partial charge >= 0.3 is 0 Å². The molecule has 11 aromatic rings. The van der Waals surface area contributed by atoms with Crippen LogP contribution in [-0.2, 0) is 0 Å². The first kappa shape index (κ1) is 28.5. The van der Waals surface area contributed by atoms with Gasteiger partial charge in [0.25, 0.3) is 0 Å². The highest BCUT2D eigenvalue weighted by Gasteiger charge is 2.19. The van der Waals surface area contributed by atoms with Crippen molar-refractivity contribution in [2.45, 2.75) is 0 Å². The van der Waals surface area contributed by atoms with Crippen LogP contribution < -0.4 is 0 Å². The topological polar surface area (TPSA) is 0 Å². The van der Waals surface area contributed by atoms with Crippen LogP contribution in [0.2, 0.25) is 0 Å². The van der Waals surface area contributed by atoms with Gasteiger partial charge in [0.2, 0.25) is 0 Å². The van der Waals surface area contributed by atoms with Gasteiger partial charge in [0.05, 0.1) is 0 Å². The van der Waals surface area contributed by atoms with E-state index in [0.29, 0.717) is 0 Å². The summed E-state index contributed by atoms with van der Waals surface area (Å²) in [5.74, 6) is 0. The Kier molecular flexibility index (Phi) is 6.22. The molecular weight excluding hydrogens is 633 g/mol. The molecule has 0 N–H and O–H groups in total. The molecule has 11 rings (SSSR count). The number of hydrogen-bond donors (Lipinski definition) is 0. The minimum Gasteiger partial charge on any atom is -0.135 e. The van der Waals surface area contributed by atoms with E-state index < -0.39 is 0 Å². The molecule has 236 valence electrons. The minimum atomic E-state index is 1.23. The first-order valence-electron chi connectivity index (χ1n) is 17.6. The zero-order valence-electron chi connectivity index (χ0n) is 27.7. The van der Waals surface area contributed by atoms with Crippen molar-refractivity contribution in [3.63, 3.8) is 0 Å². The van der Waals surface area contributed by atoms with Crippen LogP contribution in [0.25, 0.3) is 107 Å². The van der Waals surface area contributed by atoms with Crippen LogP contribution in [0.4, 0.5) is 0 Å². The zero-order valence-corrected chi connectivity index (χ0v) is 28.5. The van der Waals surface area contributed by atoms with E-state index in [0.717, 1.165) is 0 Å². The van der Waals surface area contributed by atoms with Gasteiger partial charge in [0.1, 0.15) is 0 Å². The quantitative estimate of drug-likeness (QED) is 0.165. The molecule has 0 radical (unpaired) electrons. The largest absolute Gasteiger partial charge is 0.135 e. The Morgan fingerprint density at radius 2 is 0.824 bits per heavy atom. The second-order valence-corrected chi connectivity index (χ2v) is 14.7. The first-order chi connectivity index (χ1) is 25.3. The lowest BCUT2D eigenvalue weighted by Crippen LogP contribution is -1.92. The minimum absolute atomic E-state index is 1.23. The zero-order chi connectivity index (χ0) is 33.5. The molecule has 0 spiro atoms. The number of benzene rings is 10. The lowest BCUT2D eigenvalue weighted by atomic mass is 9.84. The van der Waals surface area contributed by atoms with Crippen LogP contribution >= 0.6 is 11.3 Å². The normalized spacial score (nSPS) is 11.9. The summed E-state index contributed by atoms with van der Waals surface area (Å²) in [7, 11) is 0. The molecule has 0 aliphatic carbocycles. The van der Waals surface area contributed by atoms with Crippen molar-refractivity contribution in [3.8, 4) is 33.4 Å². The molecule has 0 amide bonds. The van der Waals surface area contributed by atoms with E-state index >= 15 is 0 Å². The average molecular weight is 663 g/mol. The van der Waals surface area contributed by atoms with E-state index in [4.69, 9.17) is 0 Å². The van der Waals surface area contributed by atoms with Crippen molar-refractivity contribution in [1.82, 2.24) is 0 Å². The third-order valence-corrected chi connectivity index (χ3v) is 11.9. The molecular formula is C50H30S. The predicted molar refractivity (Wildman–Crippen MR) is 223 cm³/mol. The van der Waals surface area contributed by atoms with Crippen molar-refractivity contribution in [2.75, 3.05) is 0 Å². The Bertz CT molecular complexity index is 3130. The van der Waals surface area contributed by atoms with E-state index in [1.54, 1.807) is 0 Å². The van der Waals surface area contributed by atoms with Crippen molar-refractivity contribution >= 4 is 85.4 Å². The summed E-state index contributed by atoms with van der Waals surface area (Å²) in [4.78, 5) is 0. The average Bonchev–Trinajstić information content (AvgIpc) is 3.56. The van der Waals surface area contributed by atoms with E-state index in [1.807, 2.05) is 11.3 Å². The number of rotatable bonds is 3. The van der Waals surface area contributed by atoms with Crippen molar-refractivity contribution in [1.29, 1.82) is 0 Å². The summed E-state index contributed by atoms with van der Waals surface area (Å²) >= 11 is 1.90. The van der Waals surface area contributed by atoms with Gasteiger partial charge in [-0.1, -0.05) is 158 Å². The van der Waals surface area contributed by atoms with Crippen molar-refractivity contribution in [3.05, 3.63) is 182 Å². The van der Waals surface area contributed by atoms with Crippen LogP contribution in [0.3, 0.4) is 0 Å².